The zero-order chi connectivity index (χ0) is 13.0. The van der Waals surface area contributed by atoms with Crippen molar-refractivity contribution in [3.8, 4) is 0 Å². The van der Waals surface area contributed by atoms with Gasteiger partial charge in [-0.1, -0.05) is 13.8 Å². The molecule has 2 fully saturated rings. The summed E-state index contributed by atoms with van der Waals surface area (Å²) >= 11 is 0. The lowest BCUT2D eigenvalue weighted by molar-refractivity contribution is 0.105. The van der Waals surface area contributed by atoms with E-state index < -0.39 is 0 Å². The molecule has 18 heavy (non-hydrogen) atoms. The van der Waals surface area contributed by atoms with Crippen LogP contribution in [0.4, 0.5) is 0 Å². The van der Waals surface area contributed by atoms with Crippen LogP contribution in [0.2, 0.25) is 0 Å². The van der Waals surface area contributed by atoms with Crippen LogP contribution in [0.3, 0.4) is 0 Å². The summed E-state index contributed by atoms with van der Waals surface area (Å²) in [4.78, 5) is 5.21. The average molecular weight is 253 g/mol. The third kappa shape index (κ3) is 3.25. The molecule has 0 aliphatic carbocycles. The summed E-state index contributed by atoms with van der Waals surface area (Å²) in [6.07, 6.45) is 6.69. The van der Waals surface area contributed by atoms with Gasteiger partial charge in [-0.25, -0.2) is 0 Å². The Hall–Kier alpha value is -0.120. The van der Waals surface area contributed by atoms with Crippen molar-refractivity contribution in [3.05, 3.63) is 0 Å². The molecule has 0 aromatic rings. The van der Waals surface area contributed by atoms with E-state index in [2.05, 4.69) is 36.0 Å². The summed E-state index contributed by atoms with van der Waals surface area (Å²) in [5.41, 5.74) is 0.413. The van der Waals surface area contributed by atoms with E-state index in [9.17, 15) is 0 Å². The molecular weight excluding hydrogens is 222 g/mol. The number of nitrogens with one attached hydrogen (secondary N) is 1. The summed E-state index contributed by atoms with van der Waals surface area (Å²) < 4.78 is 0. The molecule has 0 spiro atoms. The van der Waals surface area contributed by atoms with E-state index >= 15 is 0 Å². The summed E-state index contributed by atoms with van der Waals surface area (Å²) in [5.74, 6) is 0. The van der Waals surface area contributed by atoms with E-state index in [4.69, 9.17) is 0 Å². The van der Waals surface area contributed by atoms with Crippen LogP contribution in [0.1, 0.15) is 46.0 Å². The molecule has 0 aromatic carbocycles. The van der Waals surface area contributed by atoms with Gasteiger partial charge >= 0.3 is 0 Å². The highest BCUT2D eigenvalue weighted by molar-refractivity contribution is 4.95. The topological polar surface area (TPSA) is 18.5 Å². The second-order valence-electron chi connectivity index (χ2n) is 6.24. The highest BCUT2D eigenvalue weighted by atomic mass is 15.2. The number of likely N-dealkylation sites (tertiary alicyclic amines) is 1. The molecule has 3 heteroatoms. The fourth-order valence-electron chi connectivity index (χ4n) is 3.70. The summed E-state index contributed by atoms with van der Waals surface area (Å²) in [5, 5.41) is 3.76. The Morgan fingerprint density at radius 1 is 1.28 bits per heavy atom. The normalized spacial score (nSPS) is 31.3. The van der Waals surface area contributed by atoms with Crippen LogP contribution in [-0.2, 0) is 0 Å². The molecule has 0 amide bonds. The molecule has 0 saturated carbocycles. The number of likely N-dealkylation sites (N-methyl/N-ethyl adjacent to an activating group) is 1. The standard InChI is InChI=1S/C15H31N3/c1-4-15(9-6-10-16-15)13-17(3)14-7-11-18(5-2)12-8-14/h14,16H,4-13H2,1-3H3. The molecule has 3 nitrogen and oxygen atoms in total. The molecule has 1 atom stereocenters. The zero-order valence-electron chi connectivity index (χ0n) is 12.5. The number of hydrogen-bond acceptors (Lipinski definition) is 3. The van der Waals surface area contributed by atoms with E-state index in [0.29, 0.717) is 5.54 Å². The van der Waals surface area contributed by atoms with Gasteiger partial charge in [0.05, 0.1) is 0 Å². The largest absolute Gasteiger partial charge is 0.310 e. The summed E-state index contributed by atoms with van der Waals surface area (Å²) in [7, 11) is 2.34. The van der Waals surface area contributed by atoms with E-state index in [1.807, 2.05) is 0 Å². The van der Waals surface area contributed by atoms with Gasteiger partial charge in [-0.15, -0.1) is 0 Å². The number of rotatable bonds is 5. The molecule has 2 aliphatic heterocycles. The van der Waals surface area contributed by atoms with Crippen LogP contribution < -0.4 is 5.32 Å². The minimum absolute atomic E-state index is 0.413. The van der Waals surface area contributed by atoms with Gasteiger partial charge in [-0.05, 0) is 65.3 Å². The van der Waals surface area contributed by atoms with Crippen LogP contribution in [0.25, 0.3) is 0 Å². The third-order valence-electron chi connectivity index (χ3n) is 5.19. The minimum Gasteiger partial charge on any atom is -0.310 e. The molecule has 2 heterocycles. The Labute approximate surface area is 113 Å². The van der Waals surface area contributed by atoms with Crippen molar-refractivity contribution in [2.24, 2.45) is 0 Å². The fourth-order valence-corrected chi connectivity index (χ4v) is 3.70. The minimum atomic E-state index is 0.413. The lowest BCUT2D eigenvalue weighted by Crippen LogP contribution is -2.53. The molecule has 106 valence electrons. The predicted molar refractivity (Wildman–Crippen MR) is 78.0 cm³/mol. The smallest absolute Gasteiger partial charge is 0.0306 e. The summed E-state index contributed by atoms with van der Waals surface area (Å²) in [6.45, 7) is 10.9. The first-order chi connectivity index (χ1) is 8.69. The van der Waals surface area contributed by atoms with Gasteiger partial charge in [-0.2, -0.15) is 0 Å². The van der Waals surface area contributed by atoms with Crippen molar-refractivity contribution in [3.63, 3.8) is 0 Å². The van der Waals surface area contributed by atoms with Crippen LogP contribution in [0, 0.1) is 0 Å². The Bertz CT molecular complexity index is 240. The lowest BCUT2D eigenvalue weighted by Gasteiger charge is -2.40. The van der Waals surface area contributed by atoms with E-state index in [-0.39, 0.29) is 0 Å². The first kappa shape index (κ1) is 14.3. The van der Waals surface area contributed by atoms with Gasteiger partial charge in [0.1, 0.15) is 0 Å². The van der Waals surface area contributed by atoms with Crippen molar-refractivity contribution < 1.29 is 0 Å². The van der Waals surface area contributed by atoms with Crippen molar-refractivity contribution in [2.45, 2.75) is 57.5 Å². The zero-order valence-corrected chi connectivity index (χ0v) is 12.5. The van der Waals surface area contributed by atoms with Gasteiger partial charge < -0.3 is 15.1 Å². The molecular formula is C15H31N3. The highest BCUT2D eigenvalue weighted by Crippen LogP contribution is 2.26. The average Bonchev–Trinajstić information content (AvgIpc) is 2.88. The van der Waals surface area contributed by atoms with Gasteiger partial charge in [0.15, 0.2) is 0 Å². The van der Waals surface area contributed by atoms with Crippen molar-refractivity contribution in [1.82, 2.24) is 15.1 Å². The molecule has 2 aliphatic rings. The van der Waals surface area contributed by atoms with E-state index in [1.165, 1.54) is 64.8 Å². The van der Waals surface area contributed by atoms with Crippen molar-refractivity contribution in [1.29, 1.82) is 0 Å². The maximum absolute atomic E-state index is 3.76. The number of piperidine rings is 1. The molecule has 0 bridgehead atoms. The van der Waals surface area contributed by atoms with E-state index in [1.54, 1.807) is 0 Å². The molecule has 0 radical (unpaired) electrons. The highest BCUT2D eigenvalue weighted by Gasteiger charge is 2.34. The number of hydrogen-bond donors (Lipinski definition) is 1. The summed E-state index contributed by atoms with van der Waals surface area (Å²) in [6, 6.07) is 0.804. The monoisotopic (exact) mass is 253 g/mol. The Kier molecular flexibility index (Phi) is 5.05. The van der Waals surface area contributed by atoms with Crippen molar-refractivity contribution in [2.75, 3.05) is 39.8 Å². The second kappa shape index (κ2) is 6.36. The first-order valence-electron chi connectivity index (χ1n) is 7.87. The van der Waals surface area contributed by atoms with Gasteiger partial charge in [0, 0.05) is 18.1 Å². The maximum atomic E-state index is 3.76. The molecule has 1 unspecified atom stereocenters. The molecule has 0 aromatic heterocycles. The Morgan fingerprint density at radius 2 is 2.00 bits per heavy atom. The van der Waals surface area contributed by atoms with Crippen molar-refractivity contribution >= 4 is 0 Å². The van der Waals surface area contributed by atoms with Gasteiger partial charge in [0.25, 0.3) is 0 Å². The lowest BCUT2D eigenvalue weighted by atomic mass is 9.92. The van der Waals surface area contributed by atoms with Crippen LogP contribution >= 0.6 is 0 Å². The maximum Gasteiger partial charge on any atom is 0.0306 e. The second-order valence-corrected chi connectivity index (χ2v) is 6.24. The SMILES string of the molecule is CCN1CCC(N(C)CC2(CC)CCCN2)CC1. The first-order valence-corrected chi connectivity index (χ1v) is 7.87. The van der Waals surface area contributed by atoms with Crippen LogP contribution in [0.15, 0.2) is 0 Å². The predicted octanol–water partition coefficient (Wildman–Crippen LogP) is 1.93. The van der Waals surface area contributed by atoms with Crippen LogP contribution in [0.5, 0.6) is 0 Å². The van der Waals surface area contributed by atoms with Crippen LogP contribution in [-0.4, -0.2) is 61.2 Å². The fraction of sp³-hybridized carbons (Fsp3) is 1.00. The molecule has 1 N–H and O–H groups in total. The molecule has 2 saturated heterocycles. The Morgan fingerprint density at radius 3 is 2.50 bits per heavy atom. The number of nitrogens with zero attached hydrogens (tertiary/aromatic N) is 2. The van der Waals surface area contributed by atoms with Gasteiger partial charge in [0.2, 0.25) is 0 Å². The van der Waals surface area contributed by atoms with Gasteiger partial charge in [-0.3, -0.25) is 0 Å². The molecule has 2 rings (SSSR count). The third-order valence-corrected chi connectivity index (χ3v) is 5.19. The Balaban J connectivity index is 1.82. The van der Waals surface area contributed by atoms with E-state index in [0.717, 1.165) is 6.04 Å². The quantitative estimate of drug-likeness (QED) is 0.808.